The van der Waals surface area contributed by atoms with Gasteiger partial charge < -0.3 is 4.74 Å². The molecule has 1 aliphatic heterocycles. The van der Waals surface area contributed by atoms with Crippen molar-refractivity contribution in [3.63, 3.8) is 0 Å². The molecule has 0 spiro atoms. The maximum Gasteiger partial charge on any atom is 0.335 e. The number of carbonyl (C=O) groups is 3. The number of amides is 4. The fourth-order valence-corrected chi connectivity index (χ4v) is 5.09. The Morgan fingerprint density at radius 3 is 2.31 bits per heavy atom. The van der Waals surface area contributed by atoms with Gasteiger partial charge in [-0.25, -0.2) is 9.69 Å². The van der Waals surface area contributed by atoms with Gasteiger partial charge in [-0.15, -0.1) is 0 Å². The molecule has 0 bridgehead atoms. The van der Waals surface area contributed by atoms with Gasteiger partial charge >= 0.3 is 6.03 Å². The molecule has 0 aromatic heterocycles. The molecule has 7 heteroatoms. The van der Waals surface area contributed by atoms with E-state index in [9.17, 15) is 14.4 Å². The van der Waals surface area contributed by atoms with Gasteiger partial charge in [-0.05, 0) is 90.4 Å². The van der Waals surface area contributed by atoms with Crippen LogP contribution in [0.3, 0.4) is 0 Å². The first-order valence-corrected chi connectivity index (χ1v) is 12.2. The van der Waals surface area contributed by atoms with E-state index in [2.05, 4.69) is 60.0 Å². The van der Waals surface area contributed by atoms with E-state index in [1.807, 2.05) is 19.1 Å². The molecule has 1 N–H and O–H groups in total. The van der Waals surface area contributed by atoms with Crippen LogP contribution in [0, 0.1) is 24.3 Å². The van der Waals surface area contributed by atoms with E-state index in [0.717, 1.165) is 19.6 Å². The van der Waals surface area contributed by atoms with Crippen LogP contribution in [0.4, 0.5) is 10.5 Å². The number of hydrogen-bond donors (Lipinski definition) is 1. The van der Waals surface area contributed by atoms with E-state index in [4.69, 9.17) is 4.74 Å². The number of halogens is 1. The van der Waals surface area contributed by atoms with Crippen molar-refractivity contribution in [1.29, 1.82) is 0 Å². The molecule has 0 saturated carbocycles. The van der Waals surface area contributed by atoms with Crippen molar-refractivity contribution < 1.29 is 19.1 Å². The number of ether oxygens (including phenoxy) is 1. The lowest BCUT2D eigenvalue weighted by Gasteiger charge is -2.26. The third-order valence-corrected chi connectivity index (χ3v) is 6.69. The molecule has 1 heterocycles. The van der Waals surface area contributed by atoms with Crippen LogP contribution in [0.2, 0.25) is 0 Å². The van der Waals surface area contributed by atoms with Gasteiger partial charge in [0.1, 0.15) is 11.3 Å². The van der Waals surface area contributed by atoms with Crippen LogP contribution >= 0.6 is 22.6 Å². The fourth-order valence-electron chi connectivity index (χ4n) is 4.27. The quantitative estimate of drug-likeness (QED) is 0.247. The van der Waals surface area contributed by atoms with Crippen molar-refractivity contribution in [2.75, 3.05) is 12.0 Å². The molecule has 1 saturated heterocycles. The number of urea groups is 1. The summed E-state index contributed by atoms with van der Waals surface area (Å²) in [5.74, 6) is -0.729. The molecule has 1 aliphatic rings. The smallest absolute Gasteiger partial charge is 0.335 e. The standard InChI is InChI=1S/C28H25IN2O4/c1-16-6-5-7-21(11-16)31-27(33)23(26(32)30-28(31)34)13-20-14-24(29)22(25(15-20)35-4)12-19-9-17(2)8-18(3)10-19/h5-11,13-15H,12H2,1-4H3,(H,30,32,34)/b23-13+. The largest absolute Gasteiger partial charge is 0.496 e. The van der Waals surface area contributed by atoms with Crippen molar-refractivity contribution in [2.45, 2.75) is 27.2 Å². The second-order valence-electron chi connectivity index (χ2n) is 8.65. The second-order valence-corrected chi connectivity index (χ2v) is 9.82. The fraction of sp³-hybridized carbons (Fsp3) is 0.179. The normalized spacial score (nSPS) is 14.9. The lowest BCUT2D eigenvalue weighted by atomic mass is 9.98. The number of imide groups is 2. The Hall–Kier alpha value is -3.46. The molecule has 6 nitrogen and oxygen atoms in total. The molecule has 3 aromatic rings. The van der Waals surface area contributed by atoms with E-state index in [0.29, 0.717) is 23.4 Å². The molecule has 0 unspecified atom stereocenters. The highest BCUT2D eigenvalue weighted by atomic mass is 127. The Balaban J connectivity index is 1.71. The molecular formula is C28H25IN2O4. The molecule has 0 atom stereocenters. The van der Waals surface area contributed by atoms with Crippen molar-refractivity contribution in [3.05, 3.63) is 97.1 Å². The summed E-state index contributed by atoms with van der Waals surface area (Å²) in [5.41, 5.74) is 6.41. The van der Waals surface area contributed by atoms with Crippen LogP contribution in [0.5, 0.6) is 5.75 Å². The molecule has 178 valence electrons. The summed E-state index contributed by atoms with van der Waals surface area (Å²) in [6.07, 6.45) is 2.19. The van der Waals surface area contributed by atoms with Crippen LogP contribution in [-0.2, 0) is 16.0 Å². The van der Waals surface area contributed by atoms with E-state index in [1.165, 1.54) is 22.8 Å². The minimum absolute atomic E-state index is 0.119. The van der Waals surface area contributed by atoms with E-state index < -0.39 is 17.8 Å². The van der Waals surface area contributed by atoms with Crippen molar-refractivity contribution in [2.24, 2.45) is 0 Å². The third-order valence-electron chi connectivity index (χ3n) is 5.73. The van der Waals surface area contributed by atoms with Crippen molar-refractivity contribution in [1.82, 2.24) is 5.32 Å². The van der Waals surface area contributed by atoms with Crippen LogP contribution in [0.25, 0.3) is 6.08 Å². The topological polar surface area (TPSA) is 75.7 Å². The minimum atomic E-state index is -0.765. The molecule has 35 heavy (non-hydrogen) atoms. The number of benzene rings is 3. The van der Waals surface area contributed by atoms with Crippen LogP contribution in [0.15, 0.2) is 60.2 Å². The van der Waals surface area contributed by atoms with Gasteiger partial charge in [-0.3, -0.25) is 14.9 Å². The van der Waals surface area contributed by atoms with Gasteiger partial charge in [0.25, 0.3) is 11.8 Å². The third kappa shape index (κ3) is 5.30. The highest BCUT2D eigenvalue weighted by Gasteiger charge is 2.36. The van der Waals surface area contributed by atoms with E-state index in [1.54, 1.807) is 31.4 Å². The molecule has 0 radical (unpaired) electrons. The summed E-state index contributed by atoms with van der Waals surface area (Å²) in [4.78, 5) is 39.3. The summed E-state index contributed by atoms with van der Waals surface area (Å²) in [5, 5.41) is 2.27. The number of barbiturate groups is 1. The van der Waals surface area contributed by atoms with Gasteiger partial charge in [0.05, 0.1) is 12.8 Å². The summed E-state index contributed by atoms with van der Waals surface area (Å²) >= 11 is 2.24. The first-order valence-electron chi connectivity index (χ1n) is 11.1. The maximum atomic E-state index is 13.2. The number of anilines is 1. The molecule has 0 aliphatic carbocycles. The molecule has 4 rings (SSSR count). The number of carbonyl (C=O) groups excluding carboxylic acids is 3. The van der Waals surface area contributed by atoms with E-state index >= 15 is 0 Å². The zero-order valence-corrected chi connectivity index (χ0v) is 22.1. The number of aryl methyl sites for hydroxylation is 3. The van der Waals surface area contributed by atoms with Gasteiger partial charge in [0.2, 0.25) is 0 Å². The van der Waals surface area contributed by atoms with Gasteiger partial charge in [-0.1, -0.05) is 41.5 Å². The monoisotopic (exact) mass is 580 g/mol. The highest BCUT2D eigenvalue weighted by Crippen LogP contribution is 2.31. The van der Waals surface area contributed by atoms with Crippen LogP contribution in [0.1, 0.15) is 33.4 Å². The number of nitrogens with zero attached hydrogens (tertiary/aromatic N) is 1. The Bertz CT molecular complexity index is 1370. The molecule has 1 fully saturated rings. The maximum absolute atomic E-state index is 13.2. The van der Waals surface area contributed by atoms with E-state index in [-0.39, 0.29) is 5.57 Å². The summed E-state index contributed by atoms with van der Waals surface area (Å²) in [6.45, 7) is 6.02. The van der Waals surface area contributed by atoms with Crippen molar-refractivity contribution in [3.8, 4) is 5.75 Å². The Kier molecular flexibility index (Phi) is 7.07. The first kappa shape index (κ1) is 24.7. The summed E-state index contributed by atoms with van der Waals surface area (Å²) < 4.78 is 6.63. The predicted octanol–water partition coefficient (Wildman–Crippen LogP) is 5.48. The van der Waals surface area contributed by atoms with Crippen LogP contribution in [-0.4, -0.2) is 25.0 Å². The van der Waals surface area contributed by atoms with Gasteiger partial charge in [-0.2, -0.15) is 0 Å². The summed E-state index contributed by atoms with van der Waals surface area (Å²) in [6, 6.07) is 16.4. The van der Waals surface area contributed by atoms with Crippen LogP contribution < -0.4 is 15.0 Å². The predicted molar refractivity (Wildman–Crippen MR) is 145 cm³/mol. The zero-order chi connectivity index (χ0) is 25.3. The SMILES string of the molecule is COc1cc(/C=C2\C(=O)NC(=O)N(c3cccc(C)c3)C2=O)cc(I)c1Cc1cc(C)cc(C)c1. The van der Waals surface area contributed by atoms with Crippen molar-refractivity contribution >= 4 is 52.2 Å². The Labute approximate surface area is 218 Å². The Morgan fingerprint density at radius 2 is 1.66 bits per heavy atom. The Morgan fingerprint density at radius 1 is 0.943 bits per heavy atom. The lowest BCUT2D eigenvalue weighted by molar-refractivity contribution is -0.122. The lowest BCUT2D eigenvalue weighted by Crippen LogP contribution is -2.54. The number of hydrogen-bond acceptors (Lipinski definition) is 4. The molecule has 4 amide bonds. The van der Waals surface area contributed by atoms with Gasteiger partial charge in [0.15, 0.2) is 0 Å². The first-order chi connectivity index (χ1) is 16.7. The average Bonchev–Trinajstić information content (AvgIpc) is 2.77. The molecule has 3 aromatic carbocycles. The summed E-state index contributed by atoms with van der Waals surface area (Å²) in [7, 11) is 1.60. The number of rotatable bonds is 5. The average molecular weight is 580 g/mol. The highest BCUT2D eigenvalue weighted by molar-refractivity contribution is 14.1. The molecular weight excluding hydrogens is 555 g/mol. The number of methoxy groups -OCH3 is 1. The second kappa shape index (κ2) is 10.0. The van der Waals surface area contributed by atoms with Gasteiger partial charge in [0, 0.05) is 15.6 Å². The number of nitrogens with one attached hydrogen (secondary N) is 1. The minimum Gasteiger partial charge on any atom is -0.496 e. The zero-order valence-electron chi connectivity index (χ0n) is 19.9.